The molecule has 2 aromatic rings. The molecule has 0 fully saturated rings. The number of benzene rings is 1. The molecule has 2 rings (SSSR count). The first-order chi connectivity index (χ1) is 9.22. The highest BCUT2D eigenvalue weighted by Crippen LogP contribution is 2.26. The highest BCUT2D eigenvalue weighted by atomic mass is 32.1. The molecule has 0 saturated carbocycles. The molecular formula is C14H13FN2OS. The van der Waals surface area contributed by atoms with Gasteiger partial charge in [-0.05, 0) is 31.2 Å². The van der Waals surface area contributed by atoms with E-state index < -0.39 is 0 Å². The van der Waals surface area contributed by atoms with Crippen molar-refractivity contribution in [2.24, 2.45) is 0 Å². The SMILES string of the molecule is CCOc1cc(F)ccc1NCc1ccc(C#N)s1. The molecule has 1 aromatic carbocycles. The minimum absolute atomic E-state index is 0.322. The number of hydrogen-bond acceptors (Lipinski definition) is 4. The number of anilines is 1. The maximum atomic E-state index is 13.1. The molecule has 0 saturated heterocycles. The molecule has 0 aliphatic heterocycles. The van der Waals surface area contributed by atoms with E-state index in [2.05, 4.69) is 11.4 Å². The van der Waals surface area contributed by atoms with Crippen molar-refractivity contribution < 1.29 is 9.13 Å². The van der Waals surface area contributed by atoms with Gasteiger partial charge in [-0.15, -0.1) is 11.3 Å². The lowest BCUT2D eigenvalue weighted by atomic mass is 10.2. The summed E-state index contributed by atoms with van der Waals surface area (Å²) < 4.78 is 18.5. The number of thiophene rings is 1. The van der Waals surface area contributed by atoms with Gasteiger partial charge in [-0.25, -0.2) is 4.39 Å². The maximum absolute atomic E-state index is 13.1. The lowest BCUT2D eigenvalue weighted by Gasteiger charge is -2.11. The Labute approximate surface area is 115 Å². The molecule has 0 amide bonds. The highest BCUT2D eigenvalue weighted by molar-refractivity contribution is 7.12. The van der Waals surface area contributed by atoms with Gasteiger partial charge in [0.05, 0.1) is 12.3 Å². The van der Waals surface area contributed by atoms with Gasteiger partial charge in [0.15, 0.2) is 0 Å². The van der Waals surface area contributed by atoms with Gasteiger partial charge in [-0.3, -0.25) is 0 Å². The van der Waals surface area contributed by atoms with Crippen LogP contribution in [0.3, 0.4) is 0 Å². The lowest BCUT2D eigenvalue weighted by Crippen LogP contribution is -2.02. The Morgan fingerprint density at radius 2 is 2.21 bits per heavy atom. The number of ether oxygens (including phenoxy) is 1. The molecule has 0 spiro atoms. The van der Waals surface area contributed by atoms with Crippen molar-refractivity contribution in [2.45, 2.75) is 13.5 Å². The molecule has 1 aromatic heterocycles. The third-order valence-corrected chi connectivity index (χ3v) is 3.46. The molecule has 0 atom stereocenters. The molecule has 0 aliphatic rings. The summed E-state index contributed by atoms with van der Waals surface area (Å²) in [5.74, 6) is 0.177. The number of nitrogens with zero attached hydrogens (tertiary/aromatic N) is 1. The molecule has 19 heavy (non-hydrogen) atoms. The standard InChI is InChI=1S/C14H13FN2OS/c1-2-18-14-7-10(15)3-6-13(14)17-9-12-5-4-11(8-16)19-12/h3-7,17H,2,9H2,1H3. The highest BCUT2D eigenvalue weighted by Gasteiger charge is 2.06. The van der Waals surface area contributed by atoms with E-state index in [-0.39, 0.29) is 5.82 Å². The molecule has 1 heterocycles. The fourth-order valence-corrected chi connectivity index (χ4v) is 2.38. The quantitative estimate of drug-likeness (QED) is 0.904. The zero-order chi connectivity index (χ0) is 13.7. The Kier molecular flexibility index (Phi) is 4.37. The first-order valence-electron chi connectivity index (χ1n) is 5.88. The predicted molar refractivity (Wildman–Crippen MR) is 73.9 cm³/mol. The predicted octanol–water partition coefficient (Wildman–Crippen LogP) is 3.77. The summed E-state index contributed by atoms with van der Waals surface area (Å²) in [5.41, 5.74) is 0.746. The first-order valence-corrected chi connectivity index (χ1v) is 6.69. The fourth-order valence-electron chi connectivity index (χ4n) is 1.63. The van der Waals surface area contributed by atoms with Gasteiger partial charge < -0.3 is 10.1 Å². The van der Waals surface area contributed by atoms with Crippen LogP contribution in [0.5, 0.6) is 5.75 Å². The monoisotopic (exact) mass is 276 g/mol. The van der Waals surface area contributed by atoms with E-state index in [1.165, 1.54) is 23.5 Å². The van der Waals surface area contributed by atoms with Crippen LogP contribution in [0, 0.1) is 17.1 Å². The van der Waals surface area contributed by atoms with E-state index in [1.807, 2.05) is 13.0 Å². The maximum Gasteiger partial charge on any atom is 0.145 e. The second-order valence-electron chi connectivity index (χ2n) is 3.80. The van der Waals surface area contributed by atoms with Gasteiger partial charge in [0.25, 0.3) is 0 Å². The summed E-state index contributed by atoms with van der Waals surface area (Å²) in [5, 5.41) is 11.9. The van der Waals surface area contributed by atoms with Crippen LogP contribution < -0.4 is 10.1 Å². The van der Waals surface area contributed by atoms with Crippen LogP contribution in [-0.4, -0.2) is 6.61 Å². The van der Waals surface area contributed by atoms with Crippen LogP contribution >= 0.6 is 11.3 Å². The minimum atomic E-state index is -0.322. The van der Waals surface area contributed by atoms with Crippen molar-refractivity contribution in [1.82, 2.24) is 0 Å². The lowest BCUT2D eigenvalue weighted by molar-refractivity contribution is 0.340. The molecular weight excluding hydrogens is 263 g/mol. The summed E-state index contributed by atoms with van der Waals surface area (Å²) in [4.78, 5) is 1.73. The third-order valence-electron chi connectivity index (χ3n) is 2.47. The Morgan fingerprint density at radius 1 is 1.37 bits per heavy atom. The van der Waals surface area contributed by atoms with E-state index in [4.69, 9.17) is 10.00 Å². The zero-order valence-electron chi connectivity index (χ0n) is 10.4. The van der Waals surface area contributed by atoms with Crippen molar-refractivity contribution in [2.75, 3.05) is 11.9 Å². The van der Waals surface area contributed by atoms with Gasteiger partial charge in [0, 0.05) is 17.5 Å². The summed E-state index contributed by atoms with van der Waals surface area (Å²) in [7, 11) is 0. The van der Waals surface area contributed by atoms with E-state index in [0.29, 0.717) is 23.8 Å². The smallest absolute Gasteiger partial charge is 0.145 e. The average molecular weight is 276 g/mol. The first kappa shape index (κ1) is 13.4. The second kappa shape index (κ2) is 6.21. The molecule has 0 bridgehead atoms. The van der Waals surface area contributed by atoms with Gasteiger partial charge >= 0.3 is 0 Å². The van der Waals surface area contributed by atoms with Gasteiger partial charge in [0.2, 0.25) is 0 Å². The van der Waals surface area contributed by atoms with Crippen molar-refractivity contribution in [3.05, 3.63) is 45.9 Å². The summed E-state index contributed by atoms with van der Waals surface area (Å²) in [6.45, 7) is 2.92. The summed E-state index contributed by atoms with van der Waals surface area (Å²) in [6.07, 6.45) is 0. The summed E-state index contributed by atoms with van der Waals surface area (Å²) in [6, 6.07) is 10.2. The van der Waals surface area contributed by atoms with Gasteiger partial charge in [-0.2, -0.15) is 5.26 Å². The number of nitriles is 1. The van der Waals surface area contributed by atoms with Crippen molar-refractivity contribution in [3.63, 3.8) is 0 Å². The number of hydrogen-bond donors (Lipinski definition) is 1. The van der Waals surface area contributed by atoms with E-state index in [1.54, 1.807) is 12.1 Å². The molecule has 0 radical (unpaired) electrons. The largest absolute Gasteiger partial charge is 0.492 e. The van der Waals surface area contributed by atoms with Crippen LogP contribution in [0.1, 0.15) is 16.7 Å². The normalized spacial score (nSPS) is 9.95. The molecule has 0 aliphatic carbocycles. The second-order valence-corrected chi connectivity index (χ2v) is 4.97. The number of rotatable bonds is 5. The molecule has 5 heteroatoms. The number of nitrogens with one attached hydrogen (secondary N) is 1. The number of halogens is 1. The van der Waals surface area contributed by atoms with Crippen LogP contribution in [0.25, 0.3) is 0 Å². The van der Waals surface area contributed by atoms with Crippen LogP contribution in [0.2, 0.25) is 0 Å². The van der Waals surface area contributed by atoms with Crippen molar-refractivity contribution >= 4 is 17.0 Å². The molecule has 1 N–H and O–H groups in total. The Morgan fingerprint density at radius 3 is 2.89 bits per heavy atom. The van der Waals surface area contributed by atoms with E-state index >= 15 is 0 Å². The average Bonchev–Trinajstić information content (AvgIpc) is 2.86. The van der Waals surface area contributed by atoms with Crippen LogP contribution in [0.15, 0.2) is 30.3 Å². The molecule has 3 nitrogen and oxygen atoms in total. The third kappa shape index (κ3) is 3.46. The van der Waals surface area contributed by atoms with Crippen molar-refractivity contribution in [3.8, 4) is 11.8 Å². The van der Waals surface area contributed by atoms with Crippen LogP contribution in [-0.2, 0) is 6.54 Å². The molecule has 0 unspecified atom stereocenters. The van der Waals surface area contributed by atoms with Gasteiger partial charge in [0.1, 0.15) is 22.5 Å². The van der Waals surface area contributed by atoms with Gasteiger partial charge in [-0.1, -0.05) is 0 Å². The topological polar surface area (TPSA) is 45.0 Å². The van der Waals surface area contributed by atoms with Crippen molar-refractivity contribution in [1.29, 1.82) is 5.26 Å². The van der Waals surface area contributed by atoms with E-state index in [9.17, 15) is 4.39 Å². The Bertz CT molecular complexity index is 604. The van der Waals surface area contributed by atoms with Crippen LogP contribution in [0.4, 0.5) is 10.1 Å². The molecule has 98 valence electrons. The Balaban J connectivity index is 2.08. The zero-order valence-corrected chi connectivity index (χ0v) is 11.3. The van der Waals surface area contributed by atoms with E-state index in [0.717, 1.165) is 10.6 Å². The Hall–Kier alpha value is -2.06. The minimum Gasteiger partial charge on any atom is -0.492 e. The summed E-state index contributed by atoms with van der Waals surface area (Å²) >= 11 is 1.44. The fraction of sp³-hybridized carbons (Fsp3) is 0.214.